The Hall–Kier alpha value is -0.830. The molecule has 0 fully saturated rings. The number of halogens is 1. The molecule has 0 aliphatic heterocycles. The Bertz CT molecular complexity index is 276. The van der Waals surface area contributed by atoms with Crippen molar-refractivity contribution in [2.75, 3.05) is 7.11 Å². The van der Waals surface area contributed by atoms with Gasteiger partial charge in [0, 0.05) is 6.07 Å². The molecule has 0 saturated carbocycles. The average molecular weight is 187 g/mol. The molecule has 0 aliphatic rings. The molecule has 0 amide bonds. The molecular formula is C8H11ClN2O. The lowest BCUT2D eigenvalue weighted by Gasteiger charge is -2.05. The molecule has 4 heteroatoms. The molecular weight excluding hydrogens is 176 g/mol. The summed E-state index contributed by atoms with van der Waals surface area (Å²) in [5, 5.41) is 0.234. The molecule has 3 nitrogen and oxygen atoms in total. The van der Waals surface area contributed by atoms with Gasteiger partial charge in [0.2, 0.25) is 11.2 Å². The molecule has 1 rings (SSSR count). The SMILES string of the molecule is COc1cc(C(C)C)nc(Cl)n1. The molecule has 66 valence electrons. The van der Waals surface area contributed by atoms with Crippen LogP contribution in [0, 0.1) is 0 Å². The van der Waals surface area contributed by atoms with Gasteiger partial charge in [-0.25, -0.2) is 4.98 Å². The summed E-state index contributed by atoms with van der Waals surface area (Å²) in [5.41, 5.74) is 0.895. The second-order valence-electron chi connectivity index (χ2n) is 2.76. The third kappa shape index (κ3) is 2.08. The largest absolute Gasteiger partial charge is 0.481 e. The molecule has 1 aromatic heterocycles. The Labute approximate surface area is 76.7 Å². The quantitative estimate of drug-likeness (QED) is 0.665. The van der Waals surface area contributed by atoms with Crippen LogP contribution in [0.3, 0.4) is 0 Å². The van der Waals surface area contributed by atoms with Gasteiger partial charge in [-0.15, -0.1) is 0 Å². The molecule has 0 bridgehead atoms. The van der Waals surface area contributed by atoms with Crippen LogP contribution < -0.4 is 4.74 Å². The van der Waals surface area contributed by atoms with Crippen molar-refractivity contribution in [3.63, 3.8) is 0 Å². The van der Waals surface area contributed by atoms with Crippen LogP contribution in [0.1, 0.15) is 25.5 Å². The van der Waals surface area contributed by atoms with Gasteiger partial charge in [-0.1, -0.05) is 13.8 Å². The minimum absolute atomic E-state index is 0.234. The zero-order chi connectivity index (χ0) is 9.14. The van der Waals surface area contributed by atoms with E-state index in [0.29, 0.717) is 11.8 Å². The third-order valence-corrected chi connectivity index (χ3v) is 1.66. The average Bonchev–Trinajstić information content (AvgIpc) is 2.03. The Morgan fingerprint density at radius 1 is 1.42 bits per heavy atom. The van der Waals surface area contributed by atoms with Crippen LogP contribution in [-0.2, 0) is 0 Å². The van der Waals surface area contributed by atoms with E-state index in [1.807, 2.05) is 13.8 Å². The first kappa shape index (κ1) is 9.26. The number of hydrogen-bond acceptors (Lipinski definition) is 3. The number of methoxy groups -OCH3 is 1. The summed E-state index contributed by atoms with van der Waals surface area (Å²) in [7, 11) is 1.56. The Morgan fingerprint density at radius 2 is 2.08 bits per heavy atom. The first-order chi connectivity index (χ1) is 5.63. The summed E-state index contributed by atoms with van der Waals surface area (Å²) in [6, 6.07) is 1.79. The molecule has 0 unspecified atom stereocenters. The lowest BCUT2D eigenvalue weighted by Crippen LogP contribution is -1.97. The van der Waals surface area contributed by atoms with E-state index in [4.69, 9.17) is 16.3 Å². The van der Waals surface area contributed by atoms with Crippen molar-refractivity contribution in [1.29, 1.82) is 0 Å². The van der Waals surface area contributed by atoms with E-state index in [1.54, 1.807) is 13.2 Å². The zero-order valence-corrected chi connectivity index (χ0v) is 8.09. The molecule has 1 heterocycles. The molecule has 0 atom stereocenters. The van der Waals surface area contributed by atoms with Gasteiger partial charge in [0.15, 0.2) is 0 Å². The second kappa shape index (κ2) is 3.72. The summed E-state index contributed by atoms with van der Waals surface area (Å²) < 4.78 is 4.95. The predicted molar refractivity (Wildman–Crippen MR) is 47.7 cm³/mol. The van der Waals surface area contributed by atoms with Gasteiger partial charge < -0.3 is 4.74 Å². The van der Waals surface area contributed by atoms with E-state index in [-0.39, 0.29) is 5.28 Å². The van der Waals surface area contributed by atoms with E-state index in [0.717, 1.165) is 5.69 Å². The van der Waals surface area contributed by atoms with Crippen molar-refractivity contribution in [3.8, 4) is 5.88 Å². The smallest absolute Gasteiger partial charge is 0.225 e. The van der Waals surface area contributed by atoms with Crippen molar-refractivity contribution in [3.05, 3.63) is 17.0 Å². The van der Waals surface area contributed by atoms with Crippen molar-refractivity contribution < 1.29 is 4.74 Å². The van der Waals surface area contributed by atoms with Crippen molar-refractivity contribution in [2.24, 2.45) is 0 Å². The number of hydrogen-bond donors (Lipinski definition) is 0. The first-order valence-electron chi connectivity index (χ1n) is 3.72. The van der Waals surface area contributed by atoms with Crippen molar-refractivity contribution in [1.82, 2.24) is 9.97 Å². The number of aromatic nitrogens is 2. The molecule has 0 N–H and O–H groups in total. The van der Waals surface area contributed by atoms with E-state index in [1.165, 1.54) is 0 Å². The highest BCUT2D eigenvalue weighted by molar-refractivity contribution is 6.28. The topological polar surface area (TPSA) is 35.0 Å². The van der Waals surface area contributed by atoms with Crippen LogP contribution >= 0.6 is 11.6 Å². The molecule has 0 aliphatic carbocycles. The van der Waals surface area contributed by atoms with Crippen LogP contribution in [0.4, 0.5) is 0 Å². The Kier molecular flexibility index (Phi) is 2.87. The fourth-order valence-corrected chi connectivity index (χ4v) is 0.995. The summed E-state index contributed by atoms with van der Waals surface area (Å²) in [6.07, 6.45) is 0. The van der Waals surface area contributed by atoms with E-state index >= 15 is 0 Å². The highest BCUT2D eigenvalue weighted by Crippen LogP contribution is 2.18. The Morgan fingerprint density at radius 3 is 2.58 bits per heavy atom. The lowest BCUT2D eigenvalue weighted by molar-refractivity contribution is 0.395. The summed E-state index contributed by atoms with van der Waals surface area (Å²) >= 11 is 5.67. The minimum Gasteiger partial charge on any atom is -0.481 e. The maximum absolute atomic E-state index is 5.67. The van der Waals surface area contributed by atoms with E-state index < -0.39 is 0 Å². The van der Waals surface area contributed by atoms with Gasteiger partial charge in [-0.3, -0.25) is 0 Å². The van der Waals surface area contributed by atoms with Crippen molar-refractivity contribution in [2.45, 2.75) is 19.8 Å². The predicted octanol–water partition coefficient (Wildman–Crippen LogP) is 2.26. The summed E-state index contributed by atoms with van der Waals surface area (Å²) in [6.45, 7) is 4.08. The Balaban J connectivity index is 3.06. The maximum Gasteiger partial charge on any atom is 0.225 e. The number of rotatable bonds is 2. The summed E-state index contributed by atoms with van der Waals surface area (Å²) in [5.74, 6) is 0.845. The second-order valence-corrected chi connectivity index (χ2v) is 3.10. The van der Waals surface area contributed by atoms with E-state index in [2.05, 4.69) is 9.97 Å². The van der Waals surface area contributed by atoms with Gasteiger partial charge >= 0.3 is 0 Å². The highest BCUT2D eigenvalue weighted by Gasteiger charge is 2.05. The van der Waals surface area contributed by atoms with Gasteiger partial charge in [-0.05, 0) is 17.5 Å². The molecule has 0 saturated heterocycles. The molecule has 12 heavy (non-hydrogen) atoms. The molecule has 1 aromatic rings. The van der Waals surface area contributed by atoms with E-state index in [9.17, 15) is 0 Å². The molecule has 0 aromatic carbocycles. The standard InChI is InChI=1S/C8H11ClN2O/c1-5(2)6-4-7(12-3)11-8(9)10-6/h4-5H,1-3H3. The van der Waals surface area contributed by atoms with Crippen LogP contribution in [0.2, 0.25) is 5.28 Å². The van der Waals surface area contributed by atoms with Crippen LogP contribution in [0.5, 0.6) is 5.88 Å². The maximum atomic E-state index is 5.67. The first-order valence-corrected chi connectivity index (χ1v) is 4.09. The van der Waals surface area contributed by atoms with Gasteiger partial charge in [0.25, 0.3) is 0 Å². The van der Waals surface area contributed by atoms with Gasteiger partial charge in [0.05, 0.1) is 12.8 Å². The zero-order valence-electron chi connectivity index (χ0n) is 7.34. The normalized spacial score (nSPS) is 10.4. The minimum atomic E-state index is 0.234. The molecule has 0 radical (unpaired) electrons. The third-order valence-electron chi connectivity index (χ3n) is 1.50. The fraction of sp³-hybridized carbons (Fsp3) is 0.500. The highest BCUT2D eigenvalue weighted by atomic mass is 35.5. The summed E-state index contributed by atoms with van der Waals surface area (Å²) in [4.78, 5) is 7.92. The monoisotopic (exact) mass is 186 g/mol. The van der Waals surface area contributed by atoms with Crippen LogP contribution in [0.25, 0.3) is 0 Å². The van der Waals surface area contributed by atoms with Crippen molar-refractivity contribution >= 4 is 11.6 Å². The molecule has 0 spiro atoms. The van der Waals surface area contributed by atoms with Gasteiger partial charge in [0.1, 0.15) is 0 Å². The number of ether oxygens (including phenoxy) is 1. The number of nitrogens with zero attached hydrogens (tertiary/aromatic N) is 2. The van der Waals surface area contributed by atoms with Gasteiger partial charge in [-0.2, -0.15) is 4.98 Å². The van der Waals surface area contributed by atoms with Crippen LogP contribution in [-0.4, -0.2) is 17.1 Å². The fourth-order valence-electron chi connectivity index (χ4n) is 0.814. The lowest BCUT2D eigenvalue weighted by atomic mass is 10.1. The van der Waals surface area contributed by atoms with Crippen LogP contribution in [0.15, 0.2) is 6.07 Å².